The number of ether oxygens (including phenoxy) is 4. The minimum Gasteiger partial charge on any atom is -0.492 e. The Balaban J connectivity index is 1.85. The minimum atomic E-state index is -0.889. The maximum absolute atomic E-state index is 13.1. The van der Waals surface area contributed by atoms with Crippen LogP contribution < -0.4 is 25.0 Å². The van der Waals surface area contributed by atoms with E-state index in [2.05, 4.69) is 10.2 Å². The number of hydrogen-bond acceptors (Lipinski definition) is 11. The molecule has 44 heavy (non-hydrogen) atoms. The van der Waals surface area contributed by atoms with Crippen LogP contribution in [0.15, 0.2) is 52.2 Å². The molecule has 0 radical (unpaired) electrons. The van der Waals surface area contributed by atoms with Gasteiger partial charge in [0.2, 0.25) is 11.7 Å². The molecule has 0 aliphatic heterocycles. The smallest absolute Gasteiger partial charge is 0.338 e. The summed E-state index contributed by atoms with van der Waals surface area (Å²) in [4.78, 5) is 53.8. The number of carbonyl (C=O) groups is 2. The van der Waals surface area contributed by atoms with Crippen LogP contribution in [0, 0.1) is 10.1 Å². The van der Waals surface area contributed by atoms with Gasteiger partial charge in [-0.15, -0.1) is 21.9 Å². The lowest BCUT2D eigenvalue weighted by atomic mass is 9.91. The molecule has 1 unspecified atom stereocenters. The molecule has 0 saturated heterocycles. The molecule has 12 nitrogen and oxygen atoms in total. The number of fused-ring (bicyclic) bond motifs is 3. The van der Waals surface area contributed by atoms with Crippen molar-refractivity contribution in [3.8, 4) is 28.4 Å². The summed E-state index contributed by atoms with van der Waals surface area (Å²) < 4.78 is 23.2. The molecule has 0 spiro atoms. The van der Waals surface area contributed by atoms with Crippen LogP contribution in [0.2, 0.25) is 0 Å². The molecule has 3 aromatic carbocycles. The summed E-state index contributed by atoms with van der Waals surface area (Å²) in [7, 11) is 4.44. The molecule has 3 aromatic rings. The van der Waals surface area contributed by atoms with Crippen LogP contribution in [0.3, 0.4) is 0 Å². The van der Waals surface area contributed by atoms with E-state index in [1.54, 1.807) is 12.1 Å². The quantitative estimate of drug-likeness (QED) is 0.137. The molecule has 0 heterocycles. The Morgan fingerprint density at radius 2 is 1.68 bits per heavy atom. The van der Waals surface area contributed by atoms with Gasteiger partial charge in [-0.25, -0.2) is 4.79 Å². The van der Waals surface area contributed by atoms with E-state index in [0.717, 1.165) is 5.56 Å². The number of carbonyl (C=O) groups excluding carboxylic acids is 2. The lowest BCUT2D eigenvalue weighted by Gasteiger charge is -2.23. The summed E-state index contributed by atoms with van der Waals surface area (Å²) in [6, 6.07) is 10.7. The number of methoxy groups -OCH3 is 3. The third-order valence-electron chi connectivity index (χ3n) is 7.23. The Bertz CT molecular complexity index is 1640. The van der Waals surface area contributed by atoms with Crippen LogP contribution in [0.25, 0.3) is 11.1 Å². The zero-order valence-corrected chi connectivity index (χ0v) is 25.7. The molecular formula is C31H32N2O10S. The highest BCUT2D eigenvalue weighted by Crippen LogP contribution is 2.52. The Morgan fingerprint density at radius 1 is 1.00 bits per heavy atom. The fourth-order valence-corrected chi connectivity index (χ4v) is 5.79. The molecule has 232 valence electrons. The van der Waals surface area contributed by atoms with Gasteiger partial charge in [0.15, 0.2) is 16.9 Å². The van der Waals surface area contributed by atoms with Crippen LogP contribution in [0.5, 0.6) is 17.2 Å². The van der Waals surface area contributed by atoms with E-state index in [-0.39, 0.29) is 35.9 Å². The summed E-state index contributed by atoms with van der Waals surface area (Å²) in [5.41, 5.74) is 3.77. The molecule has 4 rings (SSSR count). The van der Waals surface area contributed by atoms with Crippen molar-refractivity contribution in [2.24, 2.45) is 0 Å². The fourth-order valence-electron chi connectivity index (χ4n) is 5.33. The number of benzene rings is 2. The van der Waals surface area contributed by atoms with Gasteiger partial charge in [0.05, 0.1) is 37.8 Å². The van der Waals surface area contributed by atoms with E-state index in [1.807, 2.05) is 12.3 Å². The average Bonchev–Trinajstić information content (AvgIpc) is 3.26. The zero-order chi connectivity index (χ0) is 32.0. The van der Waals surface area contributed by atoms with E-state index >= 15 is 0 Å². The topological polar surface area (TPSA) is 153 Å². The summed E-state index contributed by atoms with van der Waals surface area (Å²) in [5, 5.41) is 12.6. The molecule has 1 N–H and O–H groups in total. The van der Waals surface area contributed by atoms with E-state index in [1.165, 1.54) is 64.3 Å². The standard InChI is InChI=1S/C31H32N2O10S/c1-17(34)32-24-12-10-21-23(16-42-31(36)19-8-6-18(7-9-19)15-43-33(37)38)28(39-2)30(41-4)29(40-3)27(21)20-11-13-26(44-5)25(35)14-22(20)24/h6-9,11,13-14,24H,10,12,15-16H2,1-5H3,(H,32,34). The Hall–Kier alpha value is -4.78. The first-order valence-electron chi connectivity index (χ1n) is 13.5. The number of amides is 1. The predicted molar refractivity (Wildman–Crippen MR) is 162 cm³/mol. The molecule has 0 saturated carbocycles. The van der Waals surface area contributed by atoms with Crippen molar-refractivity contribution in [2.45, 2.75) is 43.9 Å². The molecule has 0 fully saturated rings. The number of hydrogen-bond donors (Lipinski definition) is 1. The lowest BCUT2D eigenvalue weighted by molar-refractivity contribution is -0.763. The summed E-state index contributed by atoms with van der Waals surface area (Å²) in [6.07, 6.45) is 2.66. The predicted octanol–water partition coefficient (Wildman–Crippen LogP) is 4.65. The number of esters is 1. The molecule has 0 aromatic heterocycles. The van der Waals surface area contributed by atoms with E-state index in [9.17, 15) is 24.5 Å². The van der Waals surface area contributed by atoms with Gasteiger partial charge in [-0.1, -0.05) is 18.2 Å². The fraction of sp³-hybridized carbons (Fsp3) is 0.323. The van der Waals surface area contributed by atoms with Gasteiger partial charge in [-0.05, 0) is 65.6 Å². The van der Waals surface area contributed by atoms with Crippen LogP contribution in [-0.2, 0) is 34.0 Å². The molecule has 1 amide bonds. The second kappa shape index (κ2) is 14.1. The van der Waals surface area contributed by atoms with E-state index in [0.29, 0.717) is 57.1 Å². The zero-order valence-electron chi connectivity index (χ0n) is 24.9. The van der Waals surface area contributed by atoms with Crippen LogP contribution in [-0.4, -0.2) is 44.5 Å². The SMILES string of the molecule is COc1c(COC(=O)c2ccc(CO[N+](=O)[O-])cc2)c2c(c(OC)c1OC)-c1ccc(SC)c(=O)cc1C(NC(C)=O)CC2. The van der Waals surface area contributed by atoms with Crippen molar-refractivity contribution < 1.29 is 38.5 Å². The van der Waals surface area contributed by atoms with Crippen molar-refractivity contribution >= 4 is 23.6 Å². The highest BCUT2D eigenvalue weighted by molar-refractivity contribution is 7.98. The van der Waals surface area contributed by atoms with Gasteiger partial charge in [0.1, 0.15) is 13.2 Å². The summed E-state index contributed by atoms with van der Waals surface area (Å²) >= 11 is 1.32. The maximum atomic E-state index is 13.1. The van der Waals surface area contributed by atoms with Crippen LogP contribution >= 0.6 is 11.8 Å². The normalized spacial score (nSPS) is 13.4. The summed E-state index contributed by atoms with van der Waals surface area (Å²) in [5.74, 6) is 0.0869. The Labute approximate surface area is 257 Å². The molecule has 13 heteroatoms. The number of nitrogens with one attached hydrogen (secondary N) is 1. The van der Waals surface area contributed by atoms with Crippen molar-refractivity contribution in [1.29, 1.82) is 0 Å². The van der Waals surface area contributed by atoms with Gasteiger partial charge in [-0.2, -0.15) is 0 Å². The number of thioether (sulfide) groups is 1. The second-order valence-electron chi connectivity index (χ2n) is 9.77. The first-order chi connectivity index (χ1) is 21.1. The number of rotatable bonds is 11. The summed E-state index contributed by atoms with van der Waals surface area (Å²) in [6.45, 7) is 0.979. The maximum Gasteiger partial charge on any atom is 0.338 e. The van der Waals surface area contributed by atoms with Crippen molar-refractivity contribution in [1.82, 2.24) is 5.32 Å². The largest absolute Gasteiger partial charge is 0.492 e. The minimum absolute atomic E-state index is 0.179. The van der Waals surface area contributed by atoms with Crippen molar-refractivity contribution in [2.75, 3.05) is 27.6 Å². The van der Waals surface area contributed by atoms with Crippen LogP contribution in [0.1, 0.15) is 52.0 Å². The third-order valence-corrected chi connectivity index (χ3v) is 8.01. The highest BCUT2D eigenvalue weighted by Gasteiger charge is 2.33. The van der Waals surface area contributed by atoms with Crippen LogP contribution in [0.4, 0.5) is 0 Å². The van der Waals surface area contributed by atoms with E-state index in [4.69, 9.17) is 18.9 Å². The monoisotopic (exact) mass is 624 g/mol. The van der Waals surface area contributed by atoms with Crippen molar-refractivity contribution in [3.63, 3.8) is 0 Å². The first-order valence-corrected chi connectivity index (χ1v) is 14.7. The molecule has 0 bridgehead atoms. The van der Waals surface area contributed by atoms with E-state index < -0.39 is 17.1 Å². The molecule has 1 atom stereocenters. The molecular weight excluding hydrogens is 592 g/mol. The Kier molecular flexibility index (Phi) is 10.3. The third kappa shape index (κ3) is 6.72. The molecule has 1 aliphatic rings. The van der Waals surface area contributed by atoms with Gasteiger partial charge in [0, 0.05) is 18.1 Å². The van der Waals surface area contributed by atoms with Crippen molar-refractivity contribution in [3.05, 3.63) is 90.6 Å². The van der Waals surface area contributed by atoms with Gasteiger partial charge in [0.25, 0.3) is 5.09 Å². The Morgan fingerprint density at radius 3 is 2.27 bits per heavy atom. The first kappa shape index (κ1) is 32.1. The lowest BCUT2D eigenvalue weighted by Crippen LogP contribution is -2.26. The second-order valence-corrected chi connectivity index (χ2v) is 10.6. The highest BCUT2D eigenvalue weighted by atomic mass is 32.2. The number of nitrogens with zero attached hydrogens (tertiary/aromatic N) is 1. The van der Waals surface area contributed by atoms with Gasteiger partial charge >= 0.3 is 5.97 Å². The average molecular weight is 625 g/mol. The van der Waals surface area contributed by atoms with Gasteiger partial charge < -0.3 is 29.1 Å². The van der Waals surface area contributed by atoms with Gasteiger partial charge in [-0.3, -0.25) is 9.59 Å². The molecule has 1 aliphatic carbocycles.